The van der Waals surface area contributed by atoms with Crippen molar-refractivity contribution in [3.63, 3.8) is 0 Å². The number of rotatable bonds is 6. The summed E-state index contributed by atoms with van der Waals surface area (Å²) in [6, 6.07) is 7.25. The number of nitrogens with one attached hydrogen (secondary N) is 2. The van der Waals surface area contributed by atoms with Gasteiger partial charge in [-0.2, -0.15) is 0 Å². The van der Waals surface area contributed by atoms with Crippen molar-refractivity contribution in [2.75, 3.05) is 14.2 Å². The first-order valence-corrected chi connectivity index (χ1v) is 9.39. The quantitative estimate of drug-likeness (QED) is 0.513. The fourth-order valence-electron chi connectivity index (χ4n) is 3.21. The maximum atomic E-state index is 13.2. The number of carbonyl (C=O) groups excluding carboxylic acids is 4. The minimum absolute atomic E-state index is 0.139. The molecule has 1 aromatic heterocycles. The first kappa shape index (κ1) is 22.3. The van der Waals surface area contributed by atoms with E-state index in [1.54, 1.807) is 18.2 Å². The van der Waals surface area contributed by atoms with Gasteiger partial charge in [-0.25, -0.2) is 9.78 Å². The predicted octanol–water partition coefficient (Wildman–Crippen LogP) is 1.09. The Hall–Kier alpha value is -4.39. The van der Waals surface area contributed by atoms with E-state index in [0.29, 0.717) is 23.3 Å². The number of nitrogens with zero attached hydrogens (tertiary/aromatic N) is 2. The van der Waals surface area contributed by atoms with E-state index in [9.17, 15) is 19.2 Å². The molecule has 2 heterocycles. The molecule has 1 atom stereocenters. The lowest BCUT2D eigenvalue weighted by Gasteiger charge is -2.34. The molecule has 0 aliphatic carbocycles. The van der Waals surface area contributed by atoms with E-state index in [4.69, 9.17) is 9.47 Å². The van der Waals surface area contributed by atoms with Crippen LogP contribution in [-0.4, -0.2) is 54.4 Å². The number of pyridine rings is 1. The van der Waals surface area contributed by atoms with Crippen molar-refractivity contribution in [1.29, 1.82) is 0 Å². The number of hydrogen-bond acceptors (Lipinski definition) is 7. The first-order chi connectivity index (χ1) is 15.3. The average Bonchev–Trinajstić information content (AvgIpc) is 3.14. The van der Waals surface area contributed by atoms with Gasteiger partial charge in [0, 0.05) is 5.56 Å². The maximum Gasteiger partial charge on any atom is 0.323 e. The topological polar surface area (TPSA) is 127 Å². The lowest BCUT2D eigenvalue weighted by atomic mass is 10.1. The number of urea groups is 1. The van der Waals surface area contributed by atoms with Crippen LogP contribution >= 0.6 is 0 Å². The molecule has 1 aliphatic rings. The molecule has 4 amide bonds. The molecule has 0 fully saturated rings. The van der Waals surface area contributed by atoms with Gasteiger partial charge in [0.25, 0.3) is 5.91 Å². The second kappa shape index (κ2) is 9.18. The van der Waals surface area contributed by atoms with Crippen molar-refractivity contribution < 1.29 is 28.7 Å². The lowest BCUT2D eigenvalue weighted by molar-refractivity contribution is -0.108. The molecule has 2 N–H and O–H groups in total. The molecule has 1 unspecified atom stereocenters. The molecular weight excluding hydrogens is 416 g/mol. The summed E-state index contributed by atoms with van der Waals surface area (Å²) in [6.07, 6.45) is 0.778. The average molecular weight is 436 g/mol. The van der Waals surface area contributed by atoms with Gasteiger partial charge < -0.3 is 19.7 Å². The summed E-state index contributed by atoms with van der Waals surface area (Å²) in [5.74, 6) is 6.06. The third-order valence-electron chi connectivity index (χ3n) is 4.85. The van der Waals surface area contributed by atoms with Crippen LogP contribution in [0.5, 0.6) is 11.5 Å². The van der Waals surface area contributed by atoms with Gasteiger partial charge >= 0.3 is 6.03 Å². The van der Waals surface area contributed by atoms with Gasteiger partial charge in [0.15, 0.2) is 23.4 Å². The highest BCUT2D eigenvalue weighted by Crippen LogP contribution is 2.31. The number of aromatic nitrogens is 1. The smallest absolute Gasteiger partial charge is 0.323 e. The lowest BCUT2D eigenvalue weighted by Crippen LogP contribution is -2.59. The standard InChI is InChI=1S/C22H20N4O6/c1-22(25-21(30)23-13-28,9-8-18-19(32-3)7-5-15(12-27)24-18)26-11-14-4-6-16(31-2)10-17(14)20(26)29/h4-7,10,12-13H,11H2,1-3H3,(H2,23,25,28,30). The maximum absolute atomic E-state index is 13.2. The van der Waals surface area contributed by atoms with Crippen LogP contribution in [0, 0.1) is 11.8 Å². The molecule has 3 rings (SSSR count). The van der Waals surface area contributed by atoms with Crippen molar-refractivity contribution >= 4 is 24.6 Å². The third kappa shape index (κ3) is 4.37. The summed E-state index contributed by atoms with van der Waals surface area (Å²) < 4.78 is 10.4. The Morgan fingerprint density at radius 1 is 1.22 bits per heavy atom. The van der Waals surface area contributed by atoms with Crippen molar-refractivity contribution in [3.05, 3.63) is 52.8 Å². The highest BCUT2D eigenvalue weighted by atomic mass is 16.5. The van der Waals surface area contributed by atoms with Gasteiger partial charge in [0.05, 0.1) is 20.8 Å². The minimum atomic E-state index is -1.54. The SMILES string of the molecule is COc1ccc2c(c1)C(=O)N(C(C)(C#Cc1nc(C=O)ccc1OC)NC(=O)NC=O)C2. The largest absolute Gasteiger partial charge is 0.497 e. The molecule has 10 nitrogen and oxygen atoms in total. The van der Waals surface area contributed by atoms with Crippen molar-refractivity contribution in [3.8, 4) is 23.3 Å². The van der Waals surface area contributed by atoms with Gasteiger partial charge in [-0.05, 0) is 48.6 Å². The molecule has 0 spiro atoms. The summed E-state index contributed by atoms with van der Waals surface area (Å²) >= 11 is 0. The van der Waals surface area contributed by atoms with E-state index in [1.165, 1.54) is 38.2 Å². The zero-order chi connectivity index (χ0) is 23.3. The zero-order valence-corrected chi connectivity index (χ0v) is 17.6. The van der Waals surface area contributed by atoms with Gasteiger partial charge in [-0.1, -0.05) is 6.07 Å². The normalized spacial score (nSPS) is 13.7. The number of fused-ring (bicyclic) bond motifs is 1. The molecule has 164 valence electrons. The van der Waals surface area contributed by atoms with E-state index in [2.05, 4.69) is 22.1 Å². The second-order valence-corrected chi connectivity index (χ2v) is 6.86. The summed E-state index contributed by atoms with van der Waals surface area (Å²) in [6.45, 7) is 1.67. The van der Waals surface area contributed by atoms with Gasteiger partial charge in [-0.3, -0.25) is 19.7 Å². The summed E-state index contributed by atoms with van der Waals surface area (Å²) in [7, 11) is 2.92. The number of ether oxygens (including phenoxy) is 2. The van der Waals surface area contributed by atoms with E-state index >= 15 is 0 Å². The fourth-order valence-corrected chi connectivity index (χ4v) is 3.21. The Labute approximate surface area is 183 Å². The Kier molecular flexibility index (Phi) is 6.39. The Bertz CT molecular complexity index is 1150. The molecule has 0 saturated carbocycles. The molecule has 10 heteroatoms. The molecule has 2 aromatic rings. The van der Waals surface area contributed by atoms with Gasteiger partial charge in [-0.15, -0.1) is 0 Å². The van der Waals surface area contributed by atoms with Crippen LogP contribution < -0.4 is 20.1 Å². The molecule has 0 radical (unpaired) electrons. The molecular formula is C22H20N4O6. The molecule has 32 heavy (non-hydrogen) atoms. The van der Waals surface area contributed by atoms with Crippen LogP contribution in [0.2, 0.25) is 0 Å². The molecule has 1 aliphatic heterocycles. The summed E-state index contributed by atoms with van der Waals surface area (Å²) in [5, 5.41) is 4.52. The Morgan fingerprint density at radius 3 is 2.66 bits per heavy atom. The number of carbonyl (C=O) groups is 4. The number of aldehydes is 1. The van der Waals surface area contributed by atoms with Crippen LogP contribution in [0.1, 0.15) is 39.0 Å². The highest BCUT2D eigenvalue weighted by molar-refractivity contribution is 6.00. The monoisotopic (exact) mass is 436 g/mol. The predicted molar refractivity (Wildman–Crippen MR) is 112 cm³/mol. The van der Waals surface area contributed by atoms with E-state index in [1.807, 2.05) is 5.32 Å². The number of amides is 4. The number of imide groups is 1. The first-order valence-electron chi connectivity index (χ1n) is 9.39. The van der Waals surface area contributed by atoms with Crippen molar-refractivity contribution in [2.45, 2.75) is 19.1 Å². The fraction of sp³-hybridized carbons (Fsp3) is 0.227. The molecule has 1 aromatic carbocycles. The summed E-state index contributed by atoms with van der Waals surface area (Å²) in [4.78, 5) is 52.6. The van der Waals surface area contributed by atoms with E-state index in [-0.39, 0.29) is 30.2 Å². The zero-order valence-electron chi connectivity index (χ0n) is 17.6. The number of benzene rings is 1. The van der Waals surface area contributed by atoms with Gasteiger partial charge in [0.1, 0.15) is 11.4 Å². The second-order valence-electron chi connectivity index (χ2n) is 6.86. The van der Waals surface area contributed by atoms with E-state index < -0.39 is 11.7 Å². The van der Waals surface area contributed by atoms with Crippen LogP contribution in [0.4, 0.5) is 4.79 Å². The Balaban J connectivity index is 2.05. The van der Waals surface area contributed by atoms with Crippen LogP contribution in [0.3, 0.4) is 0 Å². The highest BCUT2D eigenvalue weighted by Gasteiger charge is 2.41. The number of methoxy groups -OCH3 is 2. The number of hydrogen-bond donors (Lipinski definition) is 2. The third-order valence-corrected chi connectivity index (χ3v) is 4.85. The van der Waals surface area contributed by atoms with Crippen LogP contribution in [0.15, 0.2) is 30.3 Å². The van der Waals surface area contributed by atoms with E-state index in [0.717, 1.165) is 5.56 Å². The summed E-state index contributed by atoms with van der Waals surface area (Å²) in [5.41, 5.74) is -0.124. The minimum Gasteiger partial charge on any atom is -0.497 e. The Morgan fingerprint density at radius 2 is 2.00 bits per heavy atom. The van der Waals surface area contributed by atoms with Crippen molar-refractivity contribution in [1.82, 2.24) is 20.5 Å². The molecule has 0 bridgehead atoms. The molecule has 0 saturated heterocycles. The van der Waals surface area contributed by atoms with Crippen LogP contribution in [0.25, 0.3) is 0 Å². The van der Waals surface area contributed by atoms with Crippen molar-refractivity contribution in [2.24, 2.45) is 0 Å². The van der Waals surface area contributed by atoms with Crippen LogP contribution in [-0.2, 0) is 11.3 Å². The van der Waals surface area contributed by atoms with Gasteiger partial charge in [0.2, 0.25) is 6.41 Å².